The number of aromatic nitrogens is 1. The number of nitrogens with one attached hydrogen (secondary N) is 1. The van der Waals surface area contributed by atoms with E-state index in [2.05, 4.69) is 9.69 Å². The molecule has 16 heavy (non-hydrogen) atoms. The van der Waals surface area contributed by atoms with Gasteiger partial charge in [0.05, 0.1) is 19.3 Å². The number of thioether (sulfide) groups is 1. The zero-order valence-corrected chi connectivity index (χ0v) is 10.6. The van der Waals surface area contributed by atoms with E-state index in [9.17, 15) is 0 Å². The standard InChI is InChI=1S/C9H13N5S2/c1-14(9(11)12-7-10)3-5-15-6-8-2-4-16-13-8/h2,4H,3,5-6H2,1H3,(H2,11,12)/p+1. The van der Waals surface area contributed by atoms with Crippen molar-refractivity contribution in [1.82, 2.24) is 9.69 Å². The maximum Gasteiger partial charge on any atom is 0.357 e. The second-order valence-electron chi connectivity index (χ2n) is 3.09. The summed E-state index contributed by atoms with van der Waals surface area (Å²) in [7, 11) is 1.85. The Labute approximate surface area is 103 Å². The van der Waals surface area contributed by atoms with Crippen LogP contribution in [-0.2, 0) is 5.75 Å². The zero-order valence-electron chi connectivity index (χ0n) is 9.01. The lowest BCUT2D eigenvalue weighted by atomic mass is 10.5. The molecule has 0 unspecified atom stereocenters. The highest BCUT2D eigenvalue weighted by molar-refractivity contribution is 7.98. The summed E-state index contributed by atoms with van der Waals surface area (Å²) in [5.74, 6) is 2.25. The Morgan fingerprint density at radius 3 is 3.25 bits per heavy atom. The molecule has 0 aromatic carbocycles. The van der Waals surface area contributed by atoms with E-state index in [0.29, 0.717) is 5.96 Å². The summed E-state index contributed by atoms with van der Waals surface area (Å²) in [6.07, 6.45) is 1.79. The number of hydrogen-bond donors (Lipinski definition) is 2. The second kappa shape index (κ2) is 7.09. The highest BCUT2D eigenvalue weighted by Crippen LogP contribution is 2.10. The molecule has 1 aromatic heterocycles. The van der Waals surface area contributed by atoms with Gasteiger partial charge in [0.25, 0.3) is 6.19 Å². The van der Waals surface area contributed by atoms with Gasteiger partial charge < -0.3 is 0 Å². The summed E-state index contributed by atoms with van der Waals surface area (Å²) in [5, 5.41) is 12.8. The van der Waals surface area contributed by atoms with Gasteiger partial charge in [-0.2, -0.15) is 26.7 Å². The lowest BCUT2D eigenvalue weighted by Gasteiger charge is -2.03. The maximum atomic E-state index is 8.38. The SMILES string of the molecule is C[N+](CCSCc1ccsn1)=C(N)NC#N. The first kappa shape index (κ1) is 12.8. The Kier molecular flexibility index (Phi) is 5.67. The van der Waals surface area contributed by atoms with Gasteiger partial charge in [0, 0.05) is 16.9 Å². The van der Waals surface area contributed by atoms with Crippen LogP contribution in [-0.4, -0.2) is 34.3 Å². The molecule has 1 heterocycles. The molecule has 0 saturated carbocycles. The Balaban J connectivity index is 2.21. The largest absolute Gasteiger partial charge is 0.357 e. The molecule has 0 fully saturated rings. The van der Waals surface area contributed by atoms with E-state index in [1.807, 2.05) is 23.1 Å². The third-order valence-electron chi connectivity index (χ3n) is 1.91. The molecular weight excluding hydrogens is 242 g/mol. The first-order valence-electron chi connectivity index (χ1n) is 4.69. The number of nitrogens with zero attached hydrogens (tertiary/aromatic N) is 3. The molecule has 0 bridgehead atoms. The van der Waals surface area contributed by atoms with Crippen molar-refractivity contribution in [2.45, 2.75) is 5.75 Å². The number of rotatable bonds is 5. The minimum absolute atomic E-state index is 0.386. The summed E-state index contributed by atoms with van der Waals surface area (Å²) in [5.41, 5.74) is 6.71. The average Bonchev–Trinajstić information content (AvgIpc) is 2.77. The van der Waals surface area contributed by atoms with Gasteiger partial charge in [-0.25, -0.2) is 0 Å². The summed E-state index contributed by atoms with van der Waals surface area (Å²) < 4.78 is 6.04. The van der Waals surface area contributed by atoms with Gasteiger partial charge in [0.2, 0.25) is 0 Å². The van der Waals surface area contributed by atoms with Gasteiger partial charge in [0.1, 0.15) is 0 Å². The molecule has 0 aliphatic rings. The Morgan fingerprint density at radius 2 is 2.62 bits per heavy atom. The summed E-state index contributed by atoms with van der Waals surface area (Å²) >= 11 is 3.27. The first-order chi connectivity index (χ1) is 7.74. The molecule has 0 aliphatic carbocycles. The second-order valence-corrected chi connectivity index (χ2v) is 4.86. The molecule has 0 amide bonds. The molecule has 0 spiro atoms. The van der Waals surface area contributed by atoms with E-state index in [-0.39, 0.29) is 0 Å². The van der Waals surface area contributed by atoms with Crippen molar-refractivity contribution >= 4 is 29.3 Å². The molecule has 1 rings (SSSR count). The van der Waals surface area contributed by atoms with Crippen molar-refractivity contribution < 1.29 is 4.58 Å². The van der Waals surface area contributed by atoms with Crippen LogP contribution in [0, 0.1) is 11.5 Å². The number of guanidine groups is 1. The minimum Gasteiger partial charge on any atom is -0.290 e. The molecular formula is C9H14N5S2+. The first-order valence-corrected chi connectivity index (χ1v) is 6.69. The fourth-order valence-electron chi connectivity index (χ4n) is 0.963. The molecule has 3 N–H and O–H groups in total. The smallest absolute Gasteiger partial charge is 0.290 e. The number of nitriles is 1. The quantitative estimate of drug-likeness (QED) is 0.199. The van der Waals surface area contributed by atoms with Gasteiger partial charge in [-0.15, -0.1) is 0 Å². The molecule has 1 aromatic rings. The molecule has 0 aliphatic heterocycles. The molecule has 0 saturated heterocycles. The van der Waals surface area contributed by atoms with Crippen LogP contribution in [0.3, 0.4) is 0 Å². The predicted molar refractivity (Wildman–Crippen MR) is 67.3 cm³/mol. The van der Waals surface area contributed by atoms with Crippen LogP contribution in [0.4, 0.5) is 0 Å². The van der Waals surface area contributed by atoms with Gasteiger partial charge in [-0.3, -0.25) is 10.3 Å². The fourth-order valence-corrected chi connectivity index (χ4v) is 2.50. The van der Waals surface area contributed by atoms with Crippen LogP contribution in [0.25, 0.3) is 0 Å². The number of nitrogens with two attached hydrogens (primary N) is 1. The van der Waals surface area contributed by atoms with E-state index in [4.69, 9.17) is 11.0 Å². The van der Waals surface area contributed by atoms with Crippen molar-refractivity contribution in [3.63, 3.8) is 0 Å². The van der Waals surface area contributed by atoms with Crippen LogP contribution < -0.4 is 11.1 Å². The Hall–Kier alpha value is -1.26. The minimum atomic E-state index is 0.386. The lowest BCUT2D eigenvalue weighted by molar-refractivity contribution is -0.494. The monoisotopic (exact) mass is 256 g/mol. The van der Waals surface area contributed by atoms with Crippen LogP contribution in [0.2, 0.25) is 0 Å². The molecule has 7 heteroatoms. The van der Waals surface area contributed by atoms with Gasteiger partial charge >= 0.3 is 5.96 Å². The highest BCUT2D eigenvalue weighted by atomic mass is 32.2. The van der Waals surface area contributed by atoms with Crippen molar-refractivity contribution in [3.05, 3.63) is 17.1 Å². The van der Waals surface area contributed by atoms with Crippen LogP contribution in [0.5, 0.6) is 0 Å². The van der Waals surface area contributed by atoms with Crippen molar-refractivity contribution in [2.24, 2.45) is 5.73 Å². The van der Waals surface area contributed by atoms with E-state index in [0.717, 1.165) is 23.7 Å². The van der Waals surface area contributed by atoms with Crippen LogP contribution >= 0.6 is 23.3 Å². The predicted octanol–water partition coefficient (Wildman–Crippen LogP) is 0.404. The third kappa shape index (κ3) is 4.51. The molecule has 5 nitrogen and oxygen atoms in total. The number of hydrogen-bond acceptors (Lipinski definition) is 4. The van der Waals surface area contributed by atoms with E-state index in [1.165, 1.54) is 11.5 Å². The van der Waals surface area contributed by atoms with E-state index < -0.39 is 0 Å². The summed E-state index contributed by atoms with van der Waals surface area (Å²) in [6, 6.07) is 2.03. The summed E-state index contributed by atoms with van der Waals surface area (Å²) in [4.78, 5) is 0. The van der Waals surface area contributed by atoms with E-state index in [1.54, 1.807) is 18.0 Å². The Morgan fingerprint density at radius 1 is 1.81 bits per heavy atom. The van der Waals surface area contributed by atoms with Crippen molar-refractivity contribution in [1.29, 1.82) is 5.26 Å². The van der Waals surface area contributed by atoms with Crippen molar-refractivity contribution in [3.8, 4) is 6.19 Å². The molecule has 86 valence electrons. The van der Waals surface area contributed by atoms with Crippen LogP contribution in [0.15, 0.2) is 11.4 Å². The lowest BCUT2D eigenvalue weighted by Crippen LogP contribution is -2.37. The highest BCUT2D eigenvalue weighted by Gasteiger charge is 2.02. The van der Waals surface area contributed by atoms with E-state index >= 15 is 0 Å². The molecule has 0 atom stereocenters. The third-order valence-corrected chi connectivity index (χ3v) is 3.48. The maximum absolute atomic E-state index is 8.38. The normalized spacial score (nSPS) is 11.8. The Bertz CT molecular complexity index is 379. The van der Waals surface area contributed by atoms with Gasteiger partial charge in [-0.05, 0) is 17.6 Å². The van der Waals surface area contributed by atoms with Gasteiger partial charge in [0.15, 0.2) is 0 Å². The van der Waals surface area contributed by atoms with Crippen LogP contribution in [0.1, 0.15) is 5.69 Å². The zero-order chi connectivity index (χ0) is 11.8. The van der Waals surface area contributed by atoms with Crippen molar-refractivity contribution in [2.75, 3.05) is 19.3 Å². The van der Waals surface area contributed by atoms with Gasteiger partial charge in [-0.1, -0.05) is 0 Å². The average molecular weight is 256 g/mol. The fraction of sp³-hybridized carbons (Fsp3) is 0.444. The molecule has 0 radical (unpaired) electrons. The summed E-state index contributed by atoms with van der Waals surface area (Å²) in [6.45, 7) is 0.801. The topological polar surface area (TPSA) is 77.7 Å².